The van der Waals surface area contributed by atoms with E-state index in [0.29, 0.717) is 24.4 Å². The topological polar surface area (TPSA) is 71.1 Å². The molecule has 0 saturated heterocycles. The lowest BCUT2D eigenvalue weighted by Crippen LogP contribution is -2.30. The summed E-state index contributed by atoms with van der Waals surface area (Å²) in [7, 11) is 0. The molecule has 2 amide bonds. The highest BCUT2D eigenvalue weighted by atomic mass is 32.1. The quantitative estimate of drug-likeness (QED) is 0.911. The van der Waals surface area contributed by atoms with Gasteiger partial charge in [0, 0.05) is 23.4 Å². The fourth-order valence-electron chi connectivity index (χ4n) is 2.54. The van der Waals surface area contributed by atoms with E-state index in [2.05, 4.69) is 15.6 Å². The van der Waals surface area contributed by atoms with Crippen molar-refractivity contribution < 1.29 is 9.59 Å². The van der Waals surface area contributed by atoms with Crippen LogP contribution in [-0.2, 0) is 16.0 Å². The molecule has 0 saturated carbocycles. The first-order valence-electron chi connectivity index (χ1n) is 7.22. The first-order valence-corrected chi connectivity index (χ1v) is 8.10. The van der Waals surface area contributed by atoms with Crippen LogP contribution in [0.4, 0.5) is 10.8 Å². The number of carbonyl (C=O) groups excluding carboxylic acids is 2. The van der Waals surface area contributed by atoms with Crippen LogP contribution in [0.25, 0.3) is 0 Å². The number of fused-ring (bicyclic) bond motifs is 1. The maximum Gasteiger partial charge on any atom is 0.227 e. The van der Waals surface area contributed by atoms with E-state index in [1.165, 1.54) is 11.3 Å². The summed E-state index contributed by atoms with van der Waals surface area (Å²) in [6.07, 6.45) is 1.54. The van der Waals surface area contributed by atoms with Crippen LogP contribution in [-0.4, -0.2) is 16.8 Å². The molecule has 0 radical (unpaired) electrons. The van der Waals surface area contributed by atoms with Gasteiger partial charge in [0.2, 0.25) is 11.8 Å². The second-order valence-corrected chi connectivity index (χ2v) is 6.29. The Hall–Kier alpha value is -2.21. The van der Waals surface area contributed by atoms with E-state index in [1.54, 1.807) is 0 Å². The van der Waals surface area contributed by atoms with E-state index in [4.69, 9.17) is 0 Å². The monoisotopic (exact) mass is 315 g/mol. The molecule has 1 unspecified atom stereocenters. The summed E-state index contributed by atoms with van der Waals surface area (Å²) >= 11 is 1.41. The molecule has 2 heterocycles. The minimum absolute atomic E-state index is 0.00315. The highest BCUT2D eigenvalue weighted by Crippen LogP contribution is 2.27. The molecule has 0 aliphatic carbocycles. The largest absolute Gasteiger partial charge is 0.326 e. The maximum atomic E-state index is 12.1. The molecule has 1 aromatic heterocycles. The number of rotatable bonds is 4. The first-order chi connectivity index (χ1) is 10.6. The number of nitrogens with zero attached hydrogens (tertiary/aromatic N) is 1. The Morgan fingerprint density at radius 1 is 1.45 bits per heavy atom. The Balaban J connectivity index is 1.55. The molecule has 114 valence electrons. The van der Waals surface area contributed by atoms with Gasteiger partial charge in [-0.05, 0) is 31.4 Å². The summed E-state index contributed by atoms with van der Waals surface area (Å²) in [6.45, 7) is 1.88. The first kappa shape index (κ1) is 14.7. The van der Waals surface area contributed by atoms with Gasteiger partial charge in [-0.1, -0.05) is 18.2 Å². The third kappa shape index (κ3) is 3.33. The van der Waals surface area contributed by atoms with E-state index in [0.717, 1.165) is 16.9 Å². The predicted molar refractivity (Wildman–Crippen MR) is 87.0 cm³/mol. The molecular weight excluding hydrogens is 298 g/mol. The minimum atomic E-state index is -0.154. The van der Waals surface area contributed by atoms with E-state index in [9.17, 15) is 9.59 Å². The third-order valence-electron chi connectivity index (χ3n) is 3.70. The van der Waals surface area contributed by atoms with Gasteiger partial charge in [0.05, 0.1) is 5.69 Å². The molecule has 1 aliphatic heterocycles. The van der Waals surface area contributed by atoms with Crippen molar-refractivity contribution >= 4 is 34.0 Å². The van der Waals surface area contributed by atoms with Crippen molar-refractivity contribution in [3.8, 4) is 0 Å². The number of para-hydroxylation sites is 1. The number of benzene rings is 1. The van der Waals surface area contributed by atoms with E-state index in [1.807, 2.05) is 36.6 Å². The van der Waals surface area contributed by atoms with Crippen molar-refractivity contribution in [2.75, 3.05) is 10.6 Å². The Morgan fingerprint density at radius 3 is 3.05 bits per heavy atom. The van der Waals surface area contributed by atoms with Crippen LogP contribution in [0.2, 0.25) is 0 Å². The molecule has 0 bridgehead atoms. The number of aryl methyl sites for hydroxylation is 1. The van der Waals surface area contributed by atoms with Crippen molar-refractivity contribution in [3.63, 3.8) is 0 Å². The zero-order valence-corrected chi connectivity index (χ0v) is 13.1. The SMILES string of the molecule is Cc1csc(NC(=O)CCC2Cc3ccccc3NC2=O)n1. The normalized spacial score (nSPS) is 16.8. The summed E-state index contributed by atoms with van der Waals surface area (Å²) in [5, 5.41) is 8.18. The average Bonchev–Trinajstić information content (AvgIpc) is 2.90. The second kappa shape index (κ2) is 6.27. The lowest BCUT2D eigenvalue weighted by Gasteiger charge is -2.24. The van der Waals surface area contributed by atoms with Crippen LogP contribution in [0.1, 0.15) is 24.1 Å². The van der Waals surface area contributed by atoms with Crippen molar-refractivity contribution in [1.29, 1.82) is 0 Å². The number of thiazole rings is 1. The van der Waals surface area contributed by atoms with Gasteiger partial charge in [0.1, 0.15) is 0 Å². The minimum Gasteiger partial charge on any atom is -0.326 e. The van der Waals surface area contributed by atoms with Crippen molar-refractivity contribution in [3.05, 3.63) is 40.9 Å². The van der Waals surface area contributed by atoms with Crippen molar-refractivity contribution in [1.82, 2.24) is 4.98 Å². The molecule has 6 heteroatoms. The van der Waals surface area contributed by atoms with Crippen molar-refractivity contribution in [2.45, 2.75) is 26.2 Å². The van der Waals surface area contributed by atoms with Gasteiger partial charge in [0.25, 0.3) is 0 Å². The van der Waals surface area contributed by atoms with Gasteiger partial charge in [-0.25, -0.2) is 4.98 Å². The number of nitrogens with one attached hydrogen (secondary N) is 2. The number of hydrogen-bond donors (Lipinski definition) is 2. The fourth-order valence-corrected chi connectivity index (χ4v) is 3.25. The predicted octanol–water partition coefficient (Wildman–Crippen LogP) is 2.98. The Labute approximate surface area is 132 Å². The molecule has 2 N–H and O–H groups in total. The Kier molecular flexibility index (Phi) is 4.20. The maximum absolute atomic E-state index is 12.1. The molecule has 22 heavy (non-hydrogen) atoms. The summed E-state index contributed by atoms with van der Waals surface area (Å²) in [4.78, 5) is 28.2. The highest BCUT2D eigenvalue weighted by molar-refractivity contribution is 7.13. The Morgan fingerprint density at radius 2 is 2.27 bits per heavy atom. The van der Waals surface area contributed by atoms with Crippen LogP contribution in [0.3, 0.4) is 0 Å². The van der Waals surface area contributed by atoms with Gasteiger partial charge >= 0.3 is 0 Å². The van der Waals surface area contributed by atoms with Crippen LogP contribution >= 0.6 is 11.3 Å². The standard InChI is InChI=1S/C16H17N3O2S/c1-10-9-22-16(17-10)19-14(20)7-6-12-8-11-4-2-3-5-13(11)18-15(12)21/h2-5,9,12H,6-8H2,1H3,(H,18,21)(H,17,19,20). The molecule has 1 aliphatic rings. The second-order valence-electron chi connectivity index (χ2n) is 5.43. The number of carbonyl (C=O) groups is 2. The zero-order valence-electron chi connectivity index (χ0n) is 12.3. The van der Waals surface area contributed by atoms with Gasteiger partial charge < -0.3 is 10.6 Å². The number of amides is 2. The Bertz CT molecular complexity index is 711. The summed E-state index contributed by atoms with van der Waals surface area (Å²) in [5.41, 5.74) is 2.90. The van der Waals surface area contributed by atoms with Crippen LogP contribution in [0, 0.1) is 12.8 Å². The molecule has 0 fully saturated rings. The van der Waals surface area contributed by atoms with Gasteiger partial charge in [-0.3, -0.25) is 9.59 Å². The third-order valence-corrected chi connectivity index (χ3v) is 4.57. The highest BCUT2D eigenvalue weighted by Gasteiger charge is 2.26. The molecule has 1 aromatic carbocycles. The summed E-state index contributed by atoms with van der Waals surface area (Å²) < 4.78 is 0. The molecule has 1 atom stereocenters. The lowest BCUT2D eigenvalue weighted by molar-refractivity contribution is -0.121. The molecule has 3 rings (SSSR count). The zero-order chi connectivity index (χ0) is 15.5. The average molecular weight is 315 g/mol. The fraction of sp³-hybridized carbons (Fsp3) is 0.312. The van der Waals surface area contributed by atoms with Gasteiger partial charge in [-0.15, -0.1) is 11.3 Å². The lowest BCUT2D eigenvalue weighted by atomic mass is 9.89. The van der Waals surface area contributed by atoms with Crippen LogP contribution < -0.4 is 10.6 Å². The molecule has 2 aromatic rings. The van der Waals surface area contributed by atoms with Gasteiger partial charge in [0.15, 0.2) is 5.13 Å². The number of aromatic nitrogens is 1. The van der Waals surface area contributed by atoms with Gasteiger partial charge in [-0.2, -0.15) is 0 Å². The van der Waals surface area contributed by atoms with E-state index < -0.39 is 0 Å². The van der Waals surface area contributed by atoms with Crippen LogP contribution in [0.5, 0.6) is 0 Å². The van der Waals surface area contributed by atoms with Crippen molar-refractivity contribution in [2.24, 2.45) is 5.92 Å². The molecule has 5 nitrogen and oxygen atoms in total. The summed E-state index contributed by atoms with van der Waals surface area (Å²) in [5.74, 6) is -0.253. The molecular formula is C16H17N3O2S. The summed E-state index contributed by atoms with van der Waals surface area (Å²) in [6, 6.07) is 7.79. The smallest absolute Gasteiger partial charge is 0.227 e. The van der Waals surface area contributed by atoms with E-state index >= 15 is 0 Å². The van der Waals surface area contributed by atoms with E-state index in [-0.39, 0.29) is 17.7 Å². The number of anilines is 2. The molecule has 0 spiro atoms. The number of hydrogen-bond acceptors (Lipinski definition) is 4. The van der Waals surface area contributed by atoms with Crippen LogP contribution in [0.15, 0.2) is 29.6 Å².